The minimum absolute atomic E-state index is 0.0576. The van der Waals surface area contributed by atoms with Crippen molar-refractivity contribution in [1.82, 2.24) is 0 Å². The van der Waals surface area contributed by atoms with E-state index >= 15 is 0 Å². The molecule has 1 unspecified atom stereocenters. The fourth-order valence-corrected chi connectivity index (χ4v) is 3.88. The zero-order valence-electron chi connectivity index (χ0n) is 9.61. The molecule has 1 aliphatic rings. The summed E-state index contributed by atoms with van der Waals surface area (Å²) >= 11 is 6.84. The number of rotatable bonds is 2. The number of nitrogens with zero attached hydrogens (tertiary/aromatic N) is 1. The number of aliphatic carboxylic acids is 1. The number of carboxylic acid groups (broad SMARTS) is 1. The maximum absolute atomic E-state index is 11.9. The first kappa shape index (κ1) is 13.5. The maximum atomic E-state index is 11.9. The quantitative estimate of drug-likeness (QED) is 0.863. The number of benzene rings is 1. The Labute approximate surface area is 121 Å². The van der Waals surface area contributed by atoms with Gasteiger partial charge in [0.05, 0.1) is 11.6 Å². The Kier molecular flexibility index (Phi) is 3.77. The molecule has 18 heavy (non-hydrogen) atoms. The van der Waals surface area contributed by atoms with Gasteiger partial charge in [-0.2, -0.15) is 0 Å². The van der Waals surface area contributed by atoms with Crippen LogP contribution in [0.3, 0.4) is 0 Å². The number of carbonyl (C=O) groups excluding carboxylic acids is 1. The molecular weight excluding hydrogens is 366 g/mol. The standard InChI is InChI=1S/C12H11Br2NO3/c1-6-2-8(13)11(9(14)3-6)15-5-7(12(17)18)4-10(15)16/h2-3,7H,4-5H2,1H3,(H,17,18). The van der Waals surface area contributed by atoms with Crippen molar-refractivity contribution < 1.29 is 14.7 Å². The van der Waals surface area contributed by atoms with E-state index in [2.05, 4.69) is 31.9 Å². The summed E-state index contributed by atoms with van der Waals surface area (Å²) in [6.45, 7) is 2.17. The lowest BCUT2D eigenvalue weighted by Gasteiger charge is -2.20. The van der Waals surface area contributed by atoms with Gasteiger partial charge in [-0.25, -0.2) is 0 Å². The molecule has 2 rings (SSSR count). The van der Waals surface area contributed by atoms with Crippen LogP contribution < -0.4 is 4.90 Å². The number of carbonyl (C=O) groups is 2. The minimum Gasteiger partial charge on any atom is -0.481 e. The van der Waals surface area contributed by atoms with Gasteiger partial charge in [0.2, 0.25) is 5.91 Å². The Balaban J connectivity index is 2.39. The van der Waals surface area contributed by atoms with Crippen LogP contribution in [-0.2, 0) is 9.59 Å². The summed E-state index contributed by atoms with van der Waals surface area (Å²) in [6, 6.07) is 3.81. The van der Waals surface area contributed by atoms with Gasteiger partial charge < -0.3 is 10.0 Å². The van der Waals surface area contributed by atoms with Gasteiger partial charge in [-0.15, -0.1) is 0 Å². The van der Waals surface area contributed by atoms with Crippen molar-refractivity contribution >= 4 is 49.4 Å². The molecule has 1 atom stereocenters. The van der Waals surface area contributed by atoms with Crippen molar-refractivity contribution in [2.45, 2.75) is 13.3 Å². The predicted molar refractivity (Wildman–Crippen MR) is 74.7 cm³/mol. The van der Waals surface area contributed by atoms with E-state index in [0.29, 0.717) is 5.69 Å². The van der Waals surface area contributed by atoms with Crippen LogP contribution in [0.4, 0.5) is 5.69 Å². The van der Waals surface area contributed by atoms with Gasteiger partial charge >= 0.3 is 5.97 Å². The van der Waals surface area contributed by atoms with Crippen LogP contribution in [0.2, 0.25) is 0 Å². The van der Waals surface area contributed by atoms with Gasteiger partial charge in [0.25, 0.3) is 0 Å². The highest BCUT2D eigenvalue weighted by atomic mass is 79.9. The van der Waals surface area contributed by atoms with Crippen molar-refractivity contribution in [3.05, 3.63) is 26.6 Å². The largest absolute Gasteiger partial charge is 0.481 e. The third-order valence-corrected chi connectivity index (χ3v) is 4.11. The van der Waals surface area contributed by atoms with E-state index in [9.17, 15) is 9.59 Å². The SMILES string of the molecule is Cc1cc(Br)c(N2CC(C(=O)O)CC2=O)c(Br)c1. The normalized spacial score (nSPS) is 19.4. The van der Waals surface area contributed by atoms with Crippen molar-refractivity contribution in [1.29, 1.82) is 0 Å². The van der Waals surface area contributed by atoms with E-state index in [-0.39, 0.29) is 18.9 Å². The van der Waals surface area contributed by atoms with Crippen molar-refractivity contribution in [3.63, 3.8) is 0 Å². The van der Waals surface area contributed by atoms with E-state index in [4.69, 9.17) is 5.11 Å². The van der Waals surface area contributed by atoms with Crippen molar-refractivity contribution in [3.8, 4) is 0 Å². The molecule has 1 aliphatic heterocycles. The van der Waals surface area contributed by atoms with Crippen LogP contribution in [0.5, 0.6) is 0 Å². The lowest BCUT2D eigenvalue weighted by Crippen LogP contribution is -2.26. The first-order chi connectivity index (χ1) is 8.40. The summed E-state index contributed by atoms with van der Waals surface area (Å²) in [5, 5.41) is 8.98. The van der Waals surface area contributed by atoms with Gasteiger partial charge in [0.15, 0.2) is 0 Å². The van der Waals surface area contributed by atoms with Crippen LogP contribution in [0.25, 0.3) is 0 Å². The molecule has 0 aromatic heterocycles. The molecule has 1 heterocycles. The highest BCUT2D eigenvalue weighted by Gasteiger charge is 2.36. The van der Waals surface area contributed by atoms with Gasteiger partial charge in [-0.05, 0) is 56.5 Å². The summed E-state index contributed by atoms with van der Waals surface area (Å²) in [5.41, 5.74) is 1.76. The topological polar surface area (TPSA) is 57.6 Å². The lowest BCUT2D eigenvalue weighted by molar-refractivity contribution is -0.141. The Bertz CT molecular complexity index is 507. The van der Waals surface area contributed by atoms with Crippen LogP contribution >= 0.6 is 31.9 Å². The fraction of sp³-hybridized carbons (Fsp3) is 0.333. The molecule has 0 aliphatic carbocycles. The average molecular weight is 377 g/mol. The Hall–Kier alpha value is -0.880. The molecule has 1 aromatic rings. The molecule has 1 N–H and O–H groups in total. The molecule has 1 fully saturated rings. The molecule has 6 heteroatoms. The second-order valence-corrected chi connectivity index (χ2v) is 6.03. The van der Waals surface area contributed by atoms with Crippen LogP contribution in [0.15, 0.2) is 21.1 Å². The molecule has 4 nitrogen and oxygen atoms in total. The third-order valence-electron chi connectivity index (χ3n) is 2.91. The van der Waals surface area contributed by atoms with Crippen molar-refractivity contribution in [2.75, 3.05) is 11.4 Å². The van der Waals surface area contributed by atoms with Crippen LogP contribution in [-0.4, -0.2) is 23.5 Å². The molecular formula is C12H11Br2NO3. The molecule has 1 amide bonds. The molecule has 96 valence electrons. The average Bonchev–Trinajstić information content (AvgIpc) is 2.59. The maximum Gasteiger partial charge on any atom is 0.308 e. The first-order valence-electron chi connectivity index (χ1n) is 5.39. The smallest absolute Gasteiger partial charge is 0.308 e. The third kappa shape index (κ3) is 2.44. The van der Waals surface area contributed by atoms with E-state index < -0.39 is 11.9 Å². The zero-order valence-corrected chi connectivity index (χ0v) is 12.8. The Morgan fingerprint density at radius 2 is 1.94 bits per heavy atom. The second kappa shape index (κ2) is 5.01. The molecule has 0 bridgehead atoms. The number of hydrogen-bond acceptors (Lipinski definition) is 2. The highest BCUT2D eigenvalue weighted by molar-refractivity contribution is 9.11. The molecule has 0 spiro atoms. The van der Waals surface area contributed by atoms with Crippen LogP contribution in [0.1, 0.15) is 12.0 Å². The number of halogens is 2. The van der Waals surface area contributed by atoms with Crippen LogP contribution in [0, 0.1) is 12.8 Å². The predicted octanol–water partition coefficient (Wildman–Crippen LogP) is 2.96. The number of anilines is 1. The lowest BCUT2D eigenvalue weighted by atomic mass is 10.1. The van der Waals surface area contributed by atoms with Crippen molar-refractivity contribution in [2.24, 2.45) is 5.92 Å². The fourth-order valence-electron chi connectivity index (χ4n) is 2.04. The molecule has 0 saturated carbocycles. The summed E-state index contributed by atoms with van der Waals surface area (Å²) in [6.07, 6.45) is 0.0576. The Morgan fingerprint density at radius 3 is 2.39 bits per heavy atom. The molecule has 1 saturated heterocycles. The summed E-state index contributed by atoms with van der Waals surface area (Å²) in [4.78, 5) is 24.4. The summed E-state index contributed by atoms with van der Waals surface area (Å²) in [7, 11) is 0. The van der Waals surface area contributed by atoms with Gasteiger partial charge in [0, 0.05) is 21.9 Å². The van der Waals surface area contributed by atoms with E-state index in [1.54, 1.807) is 0 Å². The number of hydrogen-bond donors (Lipinski definition) is 1. The zero-order chi connectivity index (χ0) is 13.4. The second-order valence-electron chi connectivity index (χ2n) is 4.32. The van der Waals surface area contributed by atoms with E-state index in [1.165, 1.54) is 4.90 Å². The van der Waals surface area contributed by atoms with Gasteiger partial charge in [-0.1, -0.05) is 0 Å². The monoisotopic (exact) mass is 375 g/mol. The van der Waals surface area contributed by atoms with Gasteiger partial charge in [-0.3, -0.25) is 9.59 Å². The van der Waals surface area contributed by atoms with Gasteiger partial charge in [0.1, 0.15) is 0 Å². The summed E-state index contributed by atoms with van der Waals surface area (Å²) < 4.78 is 1.57. The number of carboxylic acids is 1. The molecule has 0 radical (unpaired) electrons. The Morgan fingerprint density at radius 1 is 1.39 bits per heavy atom. The minimum atomic E-state index is -0.926. The number of aryl methyl sites for hydroxylation is 1. The molecule has 1 aromatic carbocycles. The highest BCUT2D eigenvalue weighted by Crippen LogP contribution is 2.38. The summed E-state index contributed by atoms with van der Waals surface area (Å²) in [5.74, 6) is -1.71. The first-order valence-corrected chi connectivity index (χ1v) is 6.97. The van der Waals surface area contributed by atoms with E-state index in [1.807, 2.05) is 19.1 Å². The number of amides is 1. The van der Waals surface area contributed by atoms with E-state index in [0.717, 1.165) is 14.5 Å².